The molecule has 0 atom stereocenters. The Hall–Kier alpha value is 0. The van der Waals surface area contributed by atoms with E-state index < -0.39 is 0 Å². The molecule has 0 aromatic carbocycles. The zero-order valence-electron chi connectivity index (χ0n) is 30.4. The Morgan fingerprint density at radius 2 is 0.375 bits per heavy atom. The molecule has 0 rings (SSSR count). The van der Waals surface area contributed by atoms with E-state index in [1.807, 2.05) is 0 Å². The average Bonchev–Trinajstić information content (AvgIpc) is 2.85. The molecule has 0 heteroatoms. The maximum absolute atomic E-state index is 2.53. The van der Waals surface area contributed by atoms with Gasteiger partial charge in [0.15, 0.2) is 0 Å². The Labute approximate surface area is 257 Å². The van der Waals surface area contributed by atoms with Crippen LogP contribution in [-0.4, -0.2) is 0 Å². The minimum Gasteiger partial charge on any atom is -0.0654 e. The summed E-state index contributed by atoms with van der Waals surface area (Å²) >= 11 is 0. The minimum absolute atomic E-state index is 0.547. The molecule has 0 aliphatic carbocycles. The summed E-state index contributed by atoms with van der Waals surface area (Å²) in [5.74, 6) is 0. The van der Waals surface area contributed by atoms with Crippen molar-refractivity contribution in [3.63, 3.8) is 0 Å². The predicted octanol–water partition coefficient (Wildman–Crippen LogP) is 15.3. The summed E-state index contributed by atoms with van der Waals surface area (Å²) in [4.78, 5) is 0. The molecular weight excluding hydrogens is 480 g/mol. The van der Waals surface area contributed by atoms with Gasteiger partial charge in [0.2, 0.25) is 0 Å². The quantitative estimate of drug-likeness (QED) is 0.0795. The predicted molar refractivity (Wildman–Crippen MR) is 187 cm³/mol. The van der Waals surface area contributed by atoms with Crippen molar-refractivity contribution in [2.45, 2.75) is 236 Å². The maximum Gasteiger partial charge on any atom is -0.0354 e. The van der Waals surface area contributed by atoms with E-state index in [4.69, 9.17) is 0 Å². The zero-order chi connectivity index (χ0) is 30.4. The van der Waals surface area contributed by atoms with Gasteiger partial charge in [-0.15, -0.1) is 0 Å². The van der Waals surface area contributed by atoms with E-state index >= 15 is 0 Å². The largest absolute Gasteiger partial charge is 0.0654 e. The Bertz CT molecular complexity index is 498. The maximum atomic E-state index is 2.53. The summed E-state index contributed by atoms with van der Waals surface area (Å²) in [6, 6.07) is 0. The second kappa shape index (κ2) is 22.5. The molecule has 0 bridgehead atoms. The lowest BCUT2D eigenvalue weighted by molar-refractivity contribution is 0.260. The fraction of sp³-hybridized carbons (Fsp3) is 1.00. The van der Waals surface area contributed by atoms with Gasteiger partial charge in [0.25, 0.3) is 0 Å². The minimum atomic E-state index is 0.547. The molecule has 0 radical (unpaired) electrons. The lowest BCUT2D eigenvalue weighted by Crippen LogP contribution is -2.13. The first-order valence-corrected chi connectivity index (χ1v) is 18.7. The number of rotatable bonds is 29. The van der Waals surface area contributed by atoms with Crippen molar-refractivity contribution in [1.82, 2.24) is 0 Å². The Morgan fingerprint density at radius 1 is 0.225 bits per heavy atom. The molecule has 0 unspecified atom stereocenters. The van der Waals surface area contributed by atoms with Gasteiger partial charge in [-0.3, -0.25) is 0 Å². The monoisotopic (exact) mass is 563 g/mol. The van der Waals surface area contributed by atoms with Gasteiger partial charge in [0.1, 0.15) is 0 Å². The second-order valence-corrected chi connectivity index (χ2v) is 17.3. The second-order valence-electron chi connectivity index (χ2n) is 17.3. The average molecular weight is 563 g/mol. The highest BCUT2D eigenvalue weighted by Crippen LogP contribution is 2.35. The van der Waals surface area contributed by atoms with Crippen LogP contribution in [0, 0.1) is 21.7 Å². The molecule has 0 spiro atoms. The van der Waals surface area contributed by atoms with E-state index in [1.54, 1.807) is 0 Å². The van der Waals surface area contributed by atoms with Gasteiger partial charge in [-0.25, -0.2) is 0 Å². The van der Waals surface area contributed by atoms with Gasteiger partial charge >= 0.3 is 0 Å². The molecule has 0 saturated carbocycles. The van der Waals surface area contributed by atoms with Crippen molar-refractivity contribution < 1.29 is 0 Å². The summed E-state index contributed by atoms with van der Waals surface area (Å²) in [5, 5.41) is 0. The first-order chi connectivity index (χ1) is 18.7. The van der Waals surface area contributed by atoms with Crippen LogP contribution in [-0.2, 0) is 0 Å². The van der Waals surface area contributed by atoms with Crippen molar-refractivity contribution in [1.29, 1.82) is 0 Å². The molecule has 0 N–H and O–H groups in total. The van der Waals surface area contributed by atoms with Crippen LogP contribution in [0.15, 0.2) is 0 Å². The lowest BCUT2D eigenvalue weighted by Gasteiger charge is -2.27. The molecule has 0 heterocycles. The molecule has 0 aromatic heterocycles. The fourth-order valence-corrected chi connectivity index (χ4v) is 6.89. The van der Waals surface area contributed by atoms with Gasteiger partial charge in [-0.2, -0.15) is 0 Å². The molecule has 0 aliphatic rings. The standard InChI is InChI=1S/C40H82/c1-11-13-21-29-37(3,4)33-25-19-27-35-39(7,8)31-23-17-15-16-18-24-32-40(9,10)36-28-20-26-34-38(5,6)30-22-14-12-2/h11-36H2,1-10H3. The van der Waals surface area contributed by atoms with Crippen LogP contribution < -0.4 is 0 Å². The highest BCUT2D eigenvalue weighted by molar-refractivity contribution is 4.73. The Balaban J connectivity index is 3.74. The van der Waals surface area contributed by atoms with Gasteiger partial charge in [0, 0.05) is 0 Å². The number of unbranched alkanes of at least 4 members (excludes halogenated alkanes) is 13. The fourth-order valence-electron chi connectivity index (χ4n) is 6.89. The molecular formula is C40H82. The first-order valence-electron chi connectivity index (χ1n) is 18.7. The SMILES string of the molecule is CCCCCC(C)(C)CCCCCC(C)(C)CCCCCCCCC(C)(C)CCCCCC(C)(C)CCCCC. The van der Waals surface area contributed by atoms with Gasteiger partial charge < -0.3 is 0 Å². The molecule has 0 amide bonds. The highest BCUT2D eigenvalue weighted by Gasteiger charge is 2.20. The van der Waals surface area contributed by atoms with Gasteiger partial charge in [0.05, 0.1) is 0 Å². The third-order valence-electron chi connectivity index (χ3n) is 10.3. The summed E-state index contributed by atoms with van der Waals surface area (Å²) in [5.41, 5.74) is 2.22. The third kappa shape index (κ3) is 25.7. The smallest absolute Gasteiger partial charge is 0.0354 e. The van der Waals surface area contributed by atoms with E-state index in [9.17, 15) is 0 Å². The normalized spacial score (nSPS) is 13.3. The van der Waals surface area contributed by atoms with Gasteiger partial charge in [-0.05, 0) is 73.0 Å². The molecule has 242 valence electrons. The van der Waals surface area contributed by atoms with Crippen molar-refractivity contribution in [2.24, 2.45) is 21.7 Å². The van der Waals surface area contributed by atoms with Crippen molar-refractivity contribution in [2.75, 3.05) is 0 Å². The summed E-state index contributed by atoms with van der Waals surface area (Å²) in [7, 11) is 0. The van der Waals surface area contributed by atoms with E-state index in [0.717, 1.165) is 0 Å². The van der Waals surface area contributed by atoms with Crippen LogP contribution in [0.5, 0.6) is 0 Å². The summed E-state index contributed by atoms with van der Waals surface area (Å²) in [6.45, 7) is 24.7. The summed E-state index contributed by atoms with van der Waals surface area (Å²) in [6.07, 6.45) is 37.1. The van der Waals surface area contributed by atoms with E-state index in [1.165, 1.54) is 167 Å². The Morgan fingerprint density at radius 3 is 0.575 bits per heavy atom. The third-order valence-corrected chi connectivity index (χ3v) is 10.3. The molecule has 0 nitrogen and oxygen atoms in total. The molecule has 0 aromatic rings. The van der Waals surface area contributed by atoms with Gasteiger partial charge in [-0.1, -0.05) is 185 Å². The van der Waals surface area contributed by atoms with Crippen molar-refractivity contribution >= 4 is 0 Å². The van der Waals surface area contributed by atoms with E-state index in [2.05, 4.69) is 69.2 Å². The first kappa shape index (κ1) is 40.0. The summed E-state index contributed by atoms with van der Waals surface area (Å²) < 4.78 is 0. The van der Waals surface area contributed by atoms with Crippen LogP contribution in [0.25, 0.3) is 0 Å². The molecule has 0 fully saturated rings. The van der Waals surface area contributed by atoms with Crippen LogP contribution in [0.2, 0.25) is 0 Å². The Kier molecular flexibility index (Phi) is 22.5. The lowest BCUT2D eigenvalue weighted by atomic mass is 9.79. The highest BCUT2D eigenvalue weighted by atomic mass is 14.3. The van der Waals surface area contributed by atoms with Crippen molar-refractivity contribution in [3.05, 3.63) is 0 Å². The molecule has 0 aliphatic heterocycles. The number of hydrogen-bond acceptors (Lipinski definition) is 0. The van der Waals surface area contributed by atoms with E-state index in [-0.39, 0.29) is 0 Å². The number of hydrogen-bond donors (Lipinski definition) is 0. The topological polar surface area (TPSA) is 0 Å². The van der Waals surface area contributed by atoms with Crippen LogP contribution in [0.3, 0.4) is 0 Å². The van der Waals surface area contributed by atoms with Crippen LogP contribution in [0.4, 0.5) is 0 Å². The van der Waals surface area contributed by atoms with Crippen molar-refractivity contribution in [3.8, 4) is 0 Å². The molecule has 40 heavy (non-hydrogen) atoms. The molecule has 0 saturated heterocycles. The van der Waals surface area contributed by atoms with Crippen LogP contribution >= 0.6 is 0 Å². The van der Waals surface area contributed by atoms with Crippen LogP contribution in [0.1, 0.15) is 236 Å². The van der Waals surface area contributed by atoms with E-state index in [0.29, 0.717) is 21.7 Å². The zero-order valence-corrected chi connectivity index (χ0v) is 30.4.